The molecule has 1 atom stereocenters. The van der Waals surface area contributed by atoms with Gasteiger partial charge in [-0.15, -0.1) is 0 Å². The van der Waals surface area contributed by atoms with Crippen molar-refractivity contribution >= 4 is 18.3 Å². The number of hydrogen-bond acceptors (Lipinski definition) is 3. The molecule has 0 aliphatic carbocycles. The van der Waals surface area contributed by atoms with Gasteiger partial charge < -0.3 is 9.64 Å². The van der Waals surface area contributed by atoms with Crippen LogP contribution in [0.1, 0.15) is 110 Å². The quantitative estimate of drug-likeness (QED) is 0.135. The van der Waals surface area contributed by atoms with Gasteiger partial charge in [0.2, 0.25) is 0 Å². The molecule has 0 saturated carbocycles. The lowest BCUT2D eigenvalue weighted by Crippen LogP contribution is -2.48. The molecule has 1 fully saturated rings. The van der Waals surface area contributed by atoms with Crippen molar-refractivity contribution < 1.29 is 9.53 Å². The monoisotopic (exact) mass is 577 g/mol. The molecule has 0 N–H and O–H groups in total. The summed E-state index contributed by atoms with van der Waals surface area (Å²) in [5.41, 5.74) is 4.87. The molecule has 5 heteroatoms. The predicted molar refractivity (Wildman–Crippen MR) is 182 cm³/mol. The van der Waals surface area contributed by atoms with Gasteiger partial charge in [0.25, 0.3) is 0 Å². The molecule has 0 radical (unpaired) electrons. The van der Waals surface area contributed by atoms with Gasteiger partial charge in [-0.3, -0.25) is 0 Å². The van der Waals surface area contributed by atoms with Gasteiger partial charge in [0.15, 0.2) is 0 Å². The van der Waals surface area contributed by atoms with Crippen molar-refractivity contribution in [2.24, 2.45) is 11.0 Å². The van der Waals surface area contributed by atoms with Gasteiger partial charge in [-0.25, -0.2) is 4.79 Å². The average Bonchev–Trinajstić information content (AvgIpc) is 3.01. The Morgan fingerprint density at radius 1 is 0.976 bits per heavy atom. The highest BCUT2D eigenvalue weighted by atomic mass is 16.5. The Balaban J connectivity index is 0.000000858. The Morgan fingerprint density at radius 3 is 2.17 bits per heavy atom. The minimum atomic E-state index is -0.0735. The Hall–Kier alpha value is -2.92. The third kappa shape index (κ3) is 13.8. The van der Waals surface area contributed by atoms with E-state index in [1.807, 2.05) is 31.0 Å². The van der Waals surface area contributed by atoms with Gasteiger partial charge in [0.05, 0.1) is 0 Å². The summed E-state index contributed by atoms with van der Waals surface area (Å²) in [6, 6.07) is 19.3. The van der Waals surface area contributed by atoms with Crippen molar-refractivity contribution in [2.45, 2.75) is 112 Å². The smallest absolute Gasteiger partial charge is 0.344 e. The van der Waals surface area contributed by atoms with E-state index >= 15 is 0 Å². The lowest BCUT2D eigenvalue weighted by molar-refractivity contribution is 0.128. The van der Waals surface area contributed by atoms with Gasteiger partial charge in [-0.05, 0) is 79.5 Å². The van der Waals surface area contributed by atoms with Crippen LogP contribution in [0.3, 0.4) is 0 Å². The Morgan fingerprint density at radius 2 is 1.62 bits per heavy atom. The minimum absolute atomic E-state index is 0.0735. The lowest BCUT2D eigenvalue weighted by Gasteiger charge is -2.37. The van der Waals surface area contributed by atoms with Crippen molar-refractivity contribution in [2.75, 3.05) is 19.8 Å². The molecule has 1 saturated heterocycles. The van der Waals surface area contributed by atoms with E-state index in [9.17, 15) is 4.79 Å². The standard InChI is InChI=1S/C29H39N3O.C6H14O.C2H6/c1-5-11-27(26-17-15-25(16-18-26)20-23(2)3)22-32(30-4)29(33)31-19-10-9-14-28(31)21-24-12-7-6-8-13-24;1-3-5-7-6-4-2;1-2/h6-8,12-13,15-18,22-23,28H,4-5,9-11,14,19-21H2,1-3H3;3-6H2,1-2H3;1-2H3/b27-22+;;. The number of likely N-dealkylation sites (tertiary alicyclic amines) is 1. The van der Waals surface area contributed by atoms with Gasteiger partial charge in [0, 0.05) is 38.7 Å². The Bertz CT molecular complexity index is 997. The molecule has 0 aromatic heterocycles. The molecular weight excluding hydrogens is 518 g/mol. The third-order valence-corrected chi connectivity index (χ3v) is 7.00. The number of ether oxygens (including phenoxy) is 1. The maximum atomic E-state index is 13.5. The van der Waals surface area contributed by atoms with Gasteiger partial charge in [0.1, 0.15) is 0 Å². The first-order chi connectivity index (χ1) is 20.4. The summed E-state index contributed by atoms with van der Waals surface area (Å²) in [4.78, 5) is 15.5. The molecule has 3 rings (SSSR count). The fourth-order valence-electron chi connectivity index (χ4n) is 5.06. The number of nitrogens with zero attached hydrogens (tertiary/aromatic N) is 3. The van der Waals surface area contributed by atoms with Crippen LogP contribution in [0.4, 0.5) is 4.79 Å². The van der Waals surface area contributed by atoms with Gasteiger partial charge in [-0.2, -0.15) is 10.1 Å². The maximum absolute atomic E-state index is 13.5. The van der Waals surface area contributed by atoms with Crippen molar-refractivity contribution in [3.05, 3.63) is 77.5 Å². The second-order valence-corrected chi connectivity index (χ2v) is 11.1. The summed E-state index contributed by atoms with van der Waals surface area (Å²) in [5, 5.41) is 5.58. The molecule has 2 aromatic rings. The second kappa shape index (κ2) is 22.6. The van der Waals surface area contributed by atoms with Crippen LogP contribution in [-0.2, 0) is 17.6 Å². The average molecular weight is 578 g/mol. The molecule has 234 valence electrons. The van der Waals surface area contributed by atoms with E-state index in [1.165, 1.54) is 16.1 Å². The van der Waals surface area contributed by atoms with Crippen LogP contribution < -0.4 is 0 Å². The SMILES string of the molecule is C=NN(/C=C(\CCC)c1ccc(CC(C)C)cc1)C(=O)N1CCCCC1Cc1ccccc1.CC.CCCOCCC. The van der Waals surface area contributed by atoms with Crippen LogP contribution in [0.2, 0.25) is 0 Å². The molecule has 1 heterocycles. The molecule has 42 heavy (non-hydrogen) atoms. The number of carbonyl (C=O) groups is 1. The molecule has 2 amide bonds. The van der Waals surface area contributed by atoms with Crippen molar-refractivity contribution in [1.29, 1.82) is 0 Å². The topological polar surface area (TPSA) is 45.1 Å². The van der Waals surface area contributed by atoms with Crippen LogP contribution >= 0.6 is 0 Å². The zero-order valence-corrected chi connectivity index (χ0v) is 27.8. The maximum Gasteiger partial charge on any atom is 0.344 e. The van der Waals surface area contributed by atoms with E-state index in [2.05, 4.69) is 95.0 Å². The van der Waals surface area contributed by atoms with E-state index < -0.39 is 0 Å². The van der Waals surface area contributed by atoms with Gasteiger partial charge >= 0.3 is 6.03 Å². The van der Waals surface area contributed by atoms with Crippen LogP contribution in [-0.4, -0.2) is 48.5 Å². The molecule has 0 bridgehead atoms. The van der Waals surface area contributed by atoms with Gasteiger partial charge in [-0.1, -0.05) is 109 Å². The van der Waals surface area contributed by atoms with E-state index in [-0.39, 0.29) is 12.1 Å². The van der Waals surface area contributed by atoms with E-state index in [1.54, 1.807) is 0 Å². The summed E-state index contributed by atoms with van der Waals surface area (Å²) >= 11 is 0. The van der Waals surface area contributed by atoms with Crippen molar-refractivity contribution in [1.82, 2.24) is 9.91 Å². The first kappa shape index (κ1) is 37.1. The number of carbonyl (C=O) groups excluding carboxylic acids is 1. The van der Waals surface area contributed by atoms with Crippen LogP contribution in [0.5, 0.6) is 0 Å². The molecule has 1 aliphatic heterocycles. The molecule has 0 spiro atoms. The van der Waals surface area contributed by atoms with E-state index in [0.29, 0.717) is 5.92 Å². The molecule has 5 nitrogen and oxygen atoms in total. The third-order valence-electron chi connectivity index (χ3n) is 7.00. The second-order valence-electron chi connectivity index (χ2n) is 11.1. The largest absolute Gasteiger partial charge is 0.381 e. The first-order valence-electron chi connectivity index (χ1n) is 16.4. The molecule has 1 unspecified atom stereocenters. The number of urea groups is 1. The van der Waals surface area contributed by atoms with Crippen LogP contribution in [0.15, 0.2) is 65.9 Å². The molecule has 1 aliphatic rings. The number of hydrogen-bond donors (Lipinski definition) is 0. The summed E-state index contributed by atoms with van der Waals surface area (Å²) in [7, 11) is 0. The summed E-state index contributed by atoms with van der Waals surface area (Å²) in [5.74, 6) is 0.632. The number of benzene rings is 2. The highest BCUT2D eigenvalue weighted by Crippen LogP contribution is 2.26. The van der Waals surface area contributed by atoms with Crippen molar-refractivity contribution in [3.8, 4) is 0 Å². The Kier molecular flexibility index (Phi) is 20.0. The van der Waals surface area contributed by atoms with Crippen LogP contribution in [0, 0.1) is 5.92 Å². The van der Waals surface area contributed by atoms with Crippen molar-refractivity contribution in [3.63, 3.8) is 0 Å². The van der Waals surface area contributed by atoms with Crippen LogP contribution in [0.25, 0.3) is 5.57 Å². The van der Waals surface area contributed by atoms with E-state index in [4.69, 9.17) is 4.74 Å². The number of piperidine rings is 1. The fraction of sp³-hybridized carbons (Fsp3) is 0.568. The Labute approximate surface area is 258 Å². The summed E-state index contributed by atoms with van der Waals surface area (Å²) < 4.78 is 5.13. The summed E-state index contributed by atoms with van der Waals surface area (Å²) in [6.07, 6.45) is 11.2. The summed E-state index contributed by atoms with van der Waals surface area (Å²) in [6.45, 7) is 21.2. The fourth-order valence-corrected chi connectivity index (χ4v) is 5.06. The highest BCUT2D eigenvalue weighted by molar-refractivity contribution is 5.79. The predicted octanol–water partition coefficient (Wildman–Crippen LogP) is 10.0. The lowest BCUT2D eigenvalue weighted by atomic mass is 9.96. The normalized spacial score (nSPS) is 14.8. The zero-order valence-electron chi connectivity index (χ0n) is 27.8. The molecular formula is C37H59N3O2. The number of hydrazone groups is 1. The highest BCUT2D eigenvalue weighted by Gasteiger charge is 2.29. The molecule has 2 aromatic carbocycles. The minimum Gasteiger partial charge on any atom is -0.381 e. The van der Waals surface area contributed by atoms with E-state index in [0.717, 1.165) is 88.7 Å². The zero-order chi connectivity index (χ0) is 31.2. The number of rotatable bonds is 13. The first-order valence-corrected chi connectivity index (χ1v) is 16.4. The number of allylic oxidation sites excluding steroid dienone is 1. The number of amides is 2.